The molecule has 0 aromatic heterocycles. The summed E-state index contributed by atoms with van der Waals surface area (Å²) in [5.41, 5.74) is 0. The van der Waals surface area contributed by atoms with Gasteiger partial charge in [-0.05, 0) is 37.6 Å². The Balaban J connectivity index is 2.32. The van der Waals surface area contributed by atoms with Crippen molar-refractivity contribution in [2.45, 2.75) is 39.2 Å². The number of nitriles is 1. The Labute approximate surface area is 75.0 Å². The number of nitrogens with zero attached hydrogens (tertiary/aromatic N) is 1. The maximum absolute atomic E-state index is 8.73. The van der Waals surface area contributed by atoms with E-state index < -0.39 is 0 Å². The molecule has 1 saturated heterocycles. The number of hydrogen-bond donors (Lipinski definition) is 1. The Hall–Kier alpha value is -0.550. The largest absolute Gasteiger partial charge is 0.302 e. The van der Waals surface area contributed by atoms with Gasteiger partial charge in [-0.2, -0.15) is 5.26 Å². The van der Waals surface area contributed by atoms with E-state index in [0.29, 0.717) is 0 Å². The molecular weight excluding hydrogens is 148 g/mol. The van der Waals surface area contributed by atoms with Gasteiger partial charge in [0.25, 0.3) is 0 Å². The van der Waals surface area contributed by atoms with Gasteiger partial charge >= 0.3 is 0 Å². The standard InChI is InChI=1S/C10H18N2/c1-8(2)5-9-3-4-12-10(6-9)7-11/h8-10,12H,3-6H2,1-2H3. The summed E-state index contributed by atoms with van der Waals surface area (Å²) >= 11 is 0. The zero-order valence-corrected chi connectivity index (χ0v) is 8.01. The van der Waals surface area contributed by atoms with Crippen molar-refractivity contribution in [3.63, 3.8) is 0 Å². The average Bonchev–Trinajstić information content (AvgIpc) is 2.03. The molecule has 0 bridgehead atoms. The summed E-state index contributed by atoms with van der Waals surface area (Å²) in [6, 6.07) is 2.41. The van der Waals surface area contributed by atoms with E-state index in [0.717, 1.165) is 24.8 Å². The Morgan fingerprint density at radius 1 is 1.58 bits per heavy atom. The fraction of sp³-hybridized carbons (Fsp3) is 0.900. The molecule has 0 amide bonds. The first-order chi connectivity index (χ1) is 5.72. The number of piperidine rings is 1. The number of hydrogen-bond acceptors (Lipinski definition) is 2. The van der Waals surface area contributed by atoms with Crippen LogP contribution in [0.3, 0.4) is 0 Å². The molecule has 1 fully saturated rings. The monoisotopic (exact) mass is 166 g/mol. The van der Waals surface area contributed by atoms with Crippen molar-refractivity contribution in [3.8, 4) is 6.07 Å². The lowest BCUT2D eigenvalue weighted by molar-refractivity contribution is 0.292. The molecule has 0 radical (unpaired) electrons. The lowest BCUT2D eigenvalue weighted by Gasteiger charge is -2.27. The van der Waals surface area contributed by atoms with Gasteiger partial charge < -0.3 is 5.32 Å². The molecule has 1 rings (SSSR count). The van der Waals surface area contributed by atoms with Crippen LogP contribution in [0.25, 0.3) is 0 Å². The number of rotatable bonds is 2. The van der Waals surface area contributed by atoms with Crippen molar-refractivity contribution in [2.75, 3.05) is 6.54 Å². The van der Waals surface area contributed by atoms with Gasteiger partial charge in [0, 0.05) is 0 Å². The Morgan fingerprint density at radius 3 is 2.92 bits per heavy atom. The van der Waals surface area contributed by atoms with Crippen LogP contribution in [0.4, 0.5) is 0 Å². The summed E-state index contributed by atoms with van der Waals surface area (Å²) in [5.74, 6) is 1.54. The second-order valence-corrected chi connectivity index (χ2v) is 4.16. The summed E-state index contributed by atoms with van der Waals surface area (Å²) in [6.07, 6.45) is 3.57. The van der Waals surface area contributed by atoms with Crippen molar-refractivity contribution < 1.29 is 0 Å². The third-order valence-electron chi connectivity index (χ3n) is 2.47. The molecule has 2 unspecified atom stereocenters. The fourth-order valence-corrected chi connectivity index (χ4v) is 1.98. The van der Waals surface area contributed by atoms with Gasteiger partial charge in [0.2, 0.25) is 0 Å². The van der Waals surface area contributed by atoms with Crippen LogP contribution in [0.2, 0.25) is 0 Å². The van der Waals surface area contributed by atoms with E-state index in [2.05, 4.69) is 25.2 Å². The predicted molar refractivity (Wildman–Crippen MR) is 49.6 cm³/mol. The zero-order chi connectivity index (χ0) is 8.97. The molecule has 0 aromatic carbocycles. The van der Waals surface area contributed by atoms with Gasteiger partial charge in [-0.1, -0.05) is 13.8 Å². The molecule has 2 atom stereocenters. The summed E-state index contributed by atoms with van der Waals surface area (Å²) in [7, 11) is 0. The smallest absolute Gasteiger partial charge is 0.0955 e. The Bertz CT molecular complexity index is 169. The van der Waals surface area contributed by atoms with Crippen molar-refractivity contribution in [1.82, 2.24) is 5.32 Å². The molecular formula is C10H18N2. The minimum atomic E-state index is 0.113. The highest BCUT2D eigenvalue weighted by atomic mass is 14.9. The average molecular weight is 166 g/mol. The SMILES string of the molecule is CC(C)CC1CCNC(C#N)C1. The van der Waals surface area contributed by atoms with Crippen LogP contribution in [0.1, 0.15) is 33.1 Å². The first-order valence-electron chi connectivity index (χ1n) is 4.85. The molecule has 2 nitrogen and oxygen atoms in total. The van der Waals surface area contributed by atoms with E-state index in [1.165, 1.54) is 12.8 Å². The van der Waals surface area contributed by atoms with Crippen molar-refractivity contribution in [2.24, 2.45) is 11.8 Å². The van der Waals surface area contributed by atoms with E-state index in [4.69, 9.17) is 5.26 Å². The van der Waals surface area contributed by atoms with Crippen LogP contribution in [0, 0.1) is 23.2 Å². The second-order valence-electron chi connectivity index (χ2n) is 4.16. The van der Waals surface area contributed by atoms with Crippen LogP contribution in [-0.2, 0) is 0 Å². The van der Waals surface area contributed by atoms with E-state index >= 15 is 0 Å². The Morgan fingerprint density at radius 2 is 2.33 bits per heavy atom. The van der Waals surface area contributed by atoms with E-state index in [1.54, 1.807) is 0 Å². The van der Waals surface area contributed by atoms with Gasteiger partial charge in [-0.25, -0.2) is 0 Å². The summed E-state index contributed by atoms with van der Waals surface area (Å²) in [6.45, 7) is 5.53. The minimum Gasteiger partial charge on any atom is -0.302 e. The molecule has 2 heteroatoms. The molecule has 1 heterocycles. The second kappa shape index (κ2) is 4.47. The van der Waals surface area contributed by atoms with Crippen LogP contribution in [-0.4, -0.2) is 12.6 Å². The van der Waals surface area contributed by atoms with Gasteiger partial charge in [-0.3, -0.25) is 0 Å². The molecule has 1 N–H and O–H groups in total. The molecule has 0 spiro atoms. The molecule has 0 saturated carbocycles. The first kappa shape index (κ1) is 9.54. The zero-order valence-electron chi connectivity index (χ0n) is 8.01. The fourth-order valence-electron chi connectivity index (χ4n) is 1.98. The Kier molecular flexibility index (Phi) is 3.55. The van der Waals surface area contributed by atoms with Crippen LogP contribution in [0.5, 0.6) is 0 Å². The van der Waals surface area contributed by atoms with Crippen LogP contribution in [0.15, 0.2) is 0 Å². The summed E-state index contributed by atoms with van der Waals surface area (Å²) in [5, 5.41) is 11.9. The minimum absolute atomic E-state index is 0.113. The summed E-state index contributed by atoms with van der Waals surface area (Å²) < 4.78 is 0. The van der Waals surface area contributed by atoms with E-state index in [-0.39, 0.29) is 6.04 Å². The highest BCUT2D eigenvalue weighted by molar-refractivity contribution is 4.94. The van der Waals surface area contributed by atoms with Crippen LogP contribution < -0.4 is 5.32 Å². The normalized spacial score (nSPS) is 30.2. The molecule has 0 aromatic rings. The molecule has 12 heavy (non-hydrogen) atoms. The quantitative estimate of drug-likeness (QED) is 0.680. The first-order valence-corrected chi connectivity index (χ1v) is 4.85. The lowest BCUT2D eigenvalue weighted by atomic mass is 9.86. The molecule has 1 aliphatic rings. The predicted octanol–water partition coefficient (Wildman–Crippen LogP) is 1.92. The highest BCUT2D eigenvalue weighted by Crippen LogP contribution is 2.23. The van der Waals surface area contributed by atoms with Gasteiger partial charge in [0.1, 0.15) is 0 Å². The van der Waals surface area contributed by atoms with Crippen molar-refractivity contribution in [1.29, 1.82) is 5.26 Å². The highest BCUT2D eigenvalue weighted by Gasteiger charge is 2.21. The van der Waals surface area contributed by atoms with E-state index in [1.807, 2.05) is 0 Å². The van der Waals surface area contributed by atoms with Gasteiger partial charge in [0.15, 0.2) is 0 Å². The van der Waals surface area contributed by atoms with Crippen LogP contribution >= 0.6 is 0 Å². The lowest BCUT2D eigenvalue weighted by Crippen LogP contribution is -2.37. The van der Waals surface area contributed by atoms with Gasteiger partial charge in [0.05, 0.1) is 12.1 Å². The molecule has 68 valence electrons. The van der Waals surface area contributed by atoms with Gasteiger partial charge in [-0.15, -0.1) is 0 Å². The summed E-state index contributed by atoms with van der Waals surface area (Å²) in [4.78, 5) is 0. The van der Waals surface area contributed by atoms with Crippen molar-refractivity contribution >= 4 is 0 Å². The third-order valence-corrected chi connectivity index (χ3v) is 2.47. The maximum Gasteiger partial charge on any atom is 0.0955 e. The maximum atomic E-state index is 8.73. The number of nitrogens with one attached hydrogen (secondary N) is 1. The van der Waals surface area contributed by atoms with E-state index in [9.17, 15) is 0 Å². The topological polar surface area (TPSA) is 35.8 Å². The van der Waals surface area contributed by atoms with Crippen molar-refractivity contribution in [3.05, 3.63) is 0 Å². The molecule has 1 aliphatic heterocycles. The molecule has 0 aliphatic carbocycles. The third kappa shape index (κ3) is 2.83.